The van der Waals surface area contributed by atoms with Crippen LogP contribution in [0.25, 0.3) is 0 Å². The molecule has 4 rings (SSSR count). The lowest BCUT2D eigenvalue weighted by molar-refractivity contribution is -0.125. The first kappa shape index (κ1) is 20.3. The number of rotatable bonds is 7. The number of nitrogens with one attached hydrogen (secondary N) is 1. The highest BCUT2D eigenvalue weighted by molar-refractivity contribution is 8.14. The van der Waals surface area contributed by atoms with Gasteiger partial charge in [-0.15, -0.1) is 11.3 Å². The lowest BCUT2D eigenvalue weighted by Crippen LogP contribution is -2.41. The Labute approximate surface area is 181 Å². The molecule has 0 aliphatic carbocycles. The van der Waals surface area contributed by atoms with Gasteiger partial charge in [-0.2, -0.15) is 0 Å². The maximum Gasteiger partial charge on any atom is 0.259 e. The Bertz CT molecular complexity index is 1050. The van der Waals surface area contributed by atoms with E-state index in [1.54, 1.807) is 11.3 Å². The number of nitrogens with zero attached hydrogens (tertiary/aromatic N) is 3. The lowest BCUT2D eigenvalue weighted by atomic mass is 10.1. The summed E-state index contributed by atoms with van der Waals surface area (Å²) < 4.78 is 0. The van der Waals surface area contributed by atoms with Gasteiger partial charge in [0.15, 0.2) is 5.17 Å². The van der Waals surface area contributed by atoms with Crippen LogP contribution in [0.3, 0.4) is 0 Å². The minimum atomic E-state index is -0.668. The van der Waals surface area contributed by atoms with Crippen molar-refractivity contribution in [3.8, 4) is 0 Å². The number of hydrogen-bond acceptors (Lipinski definition) is 7. The van der Waals surface area contributed by atoms with Crippen LogP contribution in [-0.2, 0) is 20.9 Å². The summed E-state index contributed by atoms with van der Waals surface area (Å²) in [5.74, 6) is -0.361. The number of aliphatic imine (C=N–C) groups is 2. The number of amides is 3. The van der Waals surface area contributed by atoms with Gasteiger partial charge in [-0.05, 0) is 30.0 Å². The zero-order valence-electron chi connectivity index (χ0n) is 15.9. The van der Waals surface area contributed by atoms with Gasteiger partial charge in [0, 0.05) is 16.9 Å². The normalized spacial score (nSPS) is 17.1. The molecule has 0 fully saturated rings. The Morgan fingerprint density at radius 1 is 1.23 bits per heavy atom. The molecule has 1 aromatic carbocycles. The van der Waals surface area contributed by atoms with Gasteiger partial charge >= 0.3 is 0 Å². The van der Waals surface area contributed by atoms with Gasteiger partial charge in [-0.3, -0.25) is 19.4 Å². The molecule has 0 saturated heterocycles. The third kappa shape index (κ3) is 4.29. The van der Waals surface area contributed by atoms with Crippen molar-refractivity contribution in [3.05, 3.63) is 52.2 Å². The predicted molar refractivity (Wildman–Crippen MR) is 118 cm³/mol. The molecule has 10 heteroatoms. The zero-order chi connectivity index (χ0) is 21.1. The molecule has 3 amide bonds. The van der Waals surface area contributed by atoms with Gasteiger partial charge in [0.25, 0.3) is 5.91 Å². The molecule has 30 heavy (non-hydrogen) atoms. The van der Waals surface area contributed by atoms with Crippen molar-refractivity contribution in [2.24, 2.45) is 15.7 Å². The van der Waals surface area contributed by atoms with Crippen molar-refractivity contribution in [3.63, 3.8) is 0 Å². The van der Waals surface area contributed by atoms with Crippen LogP contribution in [0.1, 0.15) is 23.3 Å². The van der Waals surface area contributed by atoms with Crippen LogP contribution in [-0.4, -0.2) is 45.4 Å². The fraction of sp³-hybridized carbons (Fsp3) is 0.250. The first-order chi connectivity index (χ1) is 14.5. The van der Waals surface area contributed by atoms with Gasteiger partial charge in [0.2, 0.25) is 11.8 Å². The third-order valence-electron chi connectivity index (χ3n) is 4.58. The Morgan fingerprint density at radius 3 is 2.83 bits per heavy atom. The van der Waals surface area contributed by atoms with E-state index in [4.69, 9.17) is 5.73 Å². The van der Waals surface area contributed by atoms with Crippen molar-refractivity contribution in [1.29, 1.82) is 0 Å². The molecule has 0 spiro atoms. The quantitative estimate of drug-likeness (QED) is 0.683. The predicted octanol–water partition coefficient (Wildman–Crippen LogP) is 2.02. The molecule has 154 valence electrons. The molecule has 2 aliphatic rings. The molecular formula is C20H19N5O3S2. The zero-order valence-corrected chi connectivity index (χ0v) is 17.5. The molecule has 0 bridgehead atoms. The second-order valence-corrected chi connectivity index (χ2v) is 8.68. The molecule has 0 saturated carbocycles. The van der Waals surface area contributed by atoms with Crippen molar-refractivity contribution < 1.29 is 14.4 Å². The van der Waals surface area contributed by atoms with E-state index in [-0.39, 0.29) is 24.0 Å². The van der Waals surface area contributed by atoms with Crippen LogP contribution in [0.5, 0.6) is 0 Å². The highest BCUT2D eigenvalue weighted by atomic mass is 32.2. The highest BCUT2D eigenvalue weighted by Crippen LogP contribution is 2.34. The van der Waals surface area contributed by atoms with Crippen LogP contribution in [0.15, 0.2) is 51.8 Å². The molecular weight excluding hydrogens is 422 g/mol. The van der Waals surface area contributed by atoms with Crippen LogP contribution < -0.4 is 11.1 Å². The Balaban J connectivity index is 1.47. The summed E-state index contributed by atoms with van der Waals surface area (Å²) in [5.41, 5.74) is 6.69. The molecule has 3 heterocycles. The average Bonchev–Trinajstić information content (AvgIpc) is 3.37. The number of nitrogens with two attached hydrogens (primary N) is 1. The van der Waals surface area contributed by atoms with Gasteiger partial charge in [0.05, 0.1) is 18.0 Å². The fourth-order valence-electron chi connectivity index (χ4n) is 3.18. The summed E-state index contributed by atoms with van der Waals surface area (Å²) >= 11 is 2.68. The molecule has 3 N–H and O–H groups in total. The van der Waals surface area contributed by atoms with Crippen LogP contribution >= 0.6 is 23.1 Å². The lowest BCUT2D eigenvalue weighted by Gasteiger charge is -2.25. The number of thioether (sulfide) groups is 1. The van der Waals surface area contributed by atoms with Gasteiger partial charge in [-0.25, -0.2) is 9.89 Å². The van der Waals surface area contributed by atoms with E-state index in [0.29, 0.717) is 29.7 Å². The minimum Gasteiger partial charge on any atom is -0.369 e. The van der Waals surface area contributed by atoms with E-state index in [9.17, 15) is 14.4 Å². The first-order valence-electron chi connectivity index (χ1n) is 9.33. The van der Waals surface area contributed by atoms with E-state index in [0.717, 1.165) is 22.2 Å². The van der Waals surface area contributed by atoms with Crippen molar-refractivity contribution in [2.75, 3.05) is 5.75 Å². The van der Waals surface area contributed by atoms with Crippen LogP contribution in [0, 0.1) is 0 Å². The number of carbonyl (C=O) groups excluding carboxylic acids is 3. The summed E-state index contributed by atoms with van der Waals surface area (Å²) in [6.07, 6.45) is 0.486. The van der Waals surface area contributed by atoms with Crippen LogP contribution in [0.4, 0.5) is 5.69 Å². The van der Waals surface area contributed by atoms with Gasteiger partial charge < -0.3 is 11.1 Å². The van der Waals surface area contributed by atoms with E-state index in [1.165, 1.54) is 4.90 Å². The first-order valence-corrected chi connectivity index (χ1v) is 11.2. The summed E-state index contributed by atoms with van der Waals surface area (Å²) in [6, 6.07) is 10.6. The van der Waals surface area contributed by atoms with E-state index in [2.05, 4.69) is 15.3 Å². The molecule has 1 aromatic heterocycles. The molecule has 2 aromatic rings. The summed E-state index contributed by atoms with van der Waals surface area (Å²) in [6.45, 7) is 0.476. The van der Waals surface area contributed by atoms with Gasteiger partial charge in [0.1, 0.15) is 11.9 Å². The third-order valence-corrected chi connectivity index (χ3v) is 6.41. The second kappa shape index (κ2) is 8.80. The molecule has 0 radical (unpaired) electrons. The number of primary amides is 1. The van der Waals surface area contributed by atoms with Crippen molar-refractivity contribution in [2.45, 2.75) is 25.4 Å². The number of benzene rings is 1. The molecule has 8 nitrogen and oxygen atoms in total. The standard InChI is InChI=1S/C20H19N5O3S2/c21-16(26)11-30-20-24-14-6-2-1-5-13(14)18-23-15(19(28)25(18)20)7-8-17(27)22-10-12-4-3-9-29-12/h1-6,9,15H,7-8,10-11H2,(H2,21,26)(H,22,27). The molecule has 1 atom stereocenters. The van der Waals surface area contributed by atoms with E-state index < -0.39 is 11.9 Å². The Hall–Kier alpha value is -2.98. The summed E-state index contributed by atoms with van der Waals surface area (Å²) in [4.78, 5) is 48.1. The summed E-state index contributed by atoms with van der Waals surface area (Å²) in [7, 11) is 0. The Morgan fingerprint density at radius 2 is 2.07 bits per heavy atom. The number of hydrogen-bond donors (Lipinski definition) is 2. The minimum absolute atomic E-state index is 0.00779. The SMILES string of the molecule is NC(=O)CSC1=Nc2ccccc2C2=NC(CCC(=O)NCc3cccs3)C(=O)N12. The van der Waals surface area contributed by atoms with Crippen LogP contribution in [0.2, 0.25) is 0 Å². The maximum atomic E-state index is 13.0. The van der Waals surface area contributed by atoms with E-state index in [1.807, 2.05) is 41.8 Å². The van der Waals surface area contributed by atoms with E-state index >= 15 is 0 Å². The number of para-hydroxylation sites is 1. The van der Waals surface area contributed by atoms with Crippen molar-refractivity contribution in [1.82, 2.24) is 10.2 Å². The average molecular weight is 442 g/mol. The number of carbonyl (C=O) groups is 3. The maximum absolute atomic E-state index is 13.0. The fourth-order valence-corrected chi connectivity index (χ4v) is 4.56. The topological polar surface area (TPSA) is 117 Å². The Kier molecular flexibility index (Phi) is 5.96. The number of amidine groups is 2. The largest absolute Gasteiger partial charge is 0.369 e. The molecule has 1 unspecified atom stereocenters. The van der Waals surface area contributed by atoms with Crippen molar-refractivity contribution >= 4 is 57.5 Å². The van der Waals surface area contributed by atoms with Gasteiger partial charge in [-0.1, -0.05) is 30.0 Å². The monoisotopic (exact) mass is 441 g/mol. The number of thiophene rings is 1. The second-order valence-electron chi connectivity index (χ2n) is 6.70. The smallest absolute Gasteiger partial charge is 0.259 e. The summed E-state index contributed by atoms with van der Waals surface area (Å²) in [5, 5.41) is 5.20. The number of fused-ring (bicyclic) bond motifs is 3. The molecule has 2 aliphatic heterocycles. The highest BCUT2D eigenvalue weighted by Gasteiger charge is 2.41.